The van der Waals surface area contributed by atoms with Gasteiger partial charge in [-0.15, -0.1) is 0 Å². The number of aromatic nitrogens is 3. The van der Waals surface area contributed by atoms with Crippen molar-refractivity contribution in [3.63, 3.8) is 0 Å². The van der Waals surface area contributed by atoms with Gasteiger partial charge in [-0.2, -0.15) is 0 Å². The van der Waals surface area contributed by atoms with Gasteiger partial charge in [-0.1, -0.05) is 0 Å². The van der Waals surface area contributed by atoms with Gasteiger partial charge in [0.05, 0.1) is 5.52 Å². The maximum Gasteiger partial charge on any atom is 0.179 e. The van der Waals surface area contributed by atoms with Crippen LogP contribution in [-0.2, 0) is 6.54 Å². The van der Waals surface area contributed by atoms with E-state index in [-0.39, 0.29) is 0 Å². The van der Waals surface area contributed by atoms with Crippen molar-refractivity contribution in [3.8, 4) is 0 Å². The maximum atomic E-state index is 5.31. The first-order valence-electron chi connectivity index (χ1n) is 5.87. The molecule has 0 saturated heterocycles. The Hall–Kier alpha value is -1.20. The molecule has 2 rings (SSSR count). The fraction of sp³-hybridized carbons (Fsp3) is 0.500. The van der Waals surface area contributed by atoms with Crippen molar-refractivity contribution >= 4 is 23.4 Å². The Kier molecular flexibility index (Phi) is 3.91. The highest BCUT2D eigenvalue weighted by atomic mass is 32.1. The molecule has 5 heteroatoms. The monoisotopic (exact) mass is 250 g/mol. The highest BCUT2D eigenvalue weighted by Gasteiger charge is 2.04. The topological polar surface area (TPSA) is 36.9 Å². The quantitative estimate of drug-likeness (QED) is 0.654. The van der Waals surface area contributed by atoms with Crippen molar-refractivity contribution in [1.29, 1.82) is 0 Å². The molecule has 1 N–H and O–H groups in total. The third-order valence-electron chi connectivity index (χ3n) is 2.77. The third-order valence-corrected chi connectivity index (χ3v) is 3.09. The van der Waals surface area contributed by atoms with Crippen LogP contribution in [0.2, 0.25) is 0 Å². The van der Waals surface area contributed by atoms with E-state index in [1.54, 1.807) is 6.20 Å². The number of unbranched alkanes of at least 4 members (excludes halogenated alkanes) is 1. The Morgan fingerprint density at radius 1 is 1.41 bits per heavy atom. The summed E-state index contributed by atoms with van der Waals surface area (Å²) >= 11 is 5.31. The van der Waals surface area contributed by atoms with Crippen molar-refractivity contribution in [2.24, 2.45) is 0 Å². The number of nitrogens with zero attached hydrogens (tertiary/aromatic N) is 3. The molecule has 0 saturated carbocycles. The summed E-state index contributed by atoms with van der Waals surface area (Å²) in [7, 11) is 4.19. The van der Waals surface area contributed by atoms with Crippen molar-refractivity contribution in [1.82, 2.24) is 19.4 Å². The first-order valence-corrected chi connectivity index (χ1v) is 6.27. The minimum Gasteiger partial charge on any atom is -0.329 e. The van der Waals surface area contributed by atoms with E-state index in [0.29, 0.717) is 0 Å². The van der Waals surface area contributed by atoms with Crippen LogP contribution in [0.5, 0.6) is 0 Å². The lowest BCUT2D eigenvalue weighted by Gasteiger charge is -2.09. The van der Waals surface area contributed by atoms with Gasteiger partial charge in [-0.05, 0) is 57.8 Å². The average Bonchev–Trinajstić information content (AvgIpc) is 2.60. The molecule has 0 aliphatic heterocycles. The normalized spacial score (nSPS) is 11.5. The van der Waals surface area contributed by atoms with Crippen LogP contribution in [0.3, 0.4) is 0 Å². The summed E-state index contributed by atoms with van der Waals surface area (Å²) in [6.45, 7) is 2.05. The third kappa shape index (κ3) is 2.92. The zero-order chi connectivity index (χ0) is 12.3. The van der Waals surface area contributed by atoms with Gasteiger partial charge in [0.25, 0.3) is 0 Å². The number of aryl methyl sites for hydroxylation is 1. The average molecular weight is 250 g/mol. The number of rotatable bonds is 5. The van der Waals surface area contributed by atoms with Crippen LogP contribution in [0.25, 0.3) is 11.2 Å². The number of hydrogen-bond acceptors (Lipinski definition) is 3. The number of aromatic amines is 1. The molecule has 0 spiro atoms. The van der Waals surface area contributed by atoms with E-state index in [1.165, 1.54) is 6.42 Å². The predicted octanol–water partition coefficient (Wildman–Crippen LogP) is 2.44. The number of H-pyrrole nitrogens is 1. The smallest absolute Gasteiger partial charge is 0.179 e. The number of nitrogens with one attached hydrogen (secondary N) is 1. The number of imidazole rings is 1. The predicted molar refractivity (Wildman–Crippen MR) is 72.7 cm³/mol. The van der Waals surface area contributed by atoms with E-state index >= 15 is 0 Å². The molecule has 0 atom stereocenters. The molecule has 0 unspecified atom stereocenters. The van der Waals surface area contributed by atoms with E-state index in [1.807, 2.05) is 12.1 Å². The second-order valence-electron chi connectivity index (χ2n) is 4.47. The van der Waals surface area contributed by atoms with Gasteiger partial charge in [0.15, 0.2) is 10.4 Å². The lowest BCUT2D eigenvalue weighted by atomic mass is 10.3. The summed E-state index contributed by atoms with van der Waals surface area (Å²) < 4.78 is 2.85. The Labute approximate surface area is 106 Å². The van der Waals surface area contributed by atoms with E-state index in [0.717, 1.165) is 35.4 Å². The first-order chi connectivity index (χ1) is 8.18. The first kappa shape index (κ1) is 12.3. The summed E-state index contributed by atoms with van der Waals surface area (Å²) in [5, 5.41) is 0. The van der Waals surface area contributed by atoms with Crippen molar-refractivity contribution in [2.75, 3.05) is 20.6 Å². The molecule has 0 aliphatic carbocycles. The van der Waals surface area contributed by atoms with Crippen LogP contribution in [0.15, 0.2) is 18.3 Å². The molecular formula is C12H18N4S. The van der Waals surface area contributed by atoms with E-state index in [9.17, 15) is 0 Å². The number of fused-ring (bicyclic) bond motifs is 1. The fourth-order valence-corrected chi connectivity index (χ4v) is 2.18. The van der Waals surface area contributed by atoms with Crippen molar-refractivity contribution < 1.29 is 0 Å². The van der Waals surface area contributed by atoms with Crippen LogP contribution >= 0.6 is 12.2 Å². The molecule has 92 valence electrons. The molecule has 0 amide bonds. The highest BCUT2D eigenvalue weighted by Crippen LogP contribution is 2.11. The molecule has 2 heterocycles. The van der Waals surface area contributed by atoms with Crippen LogP contribution in [0.4, 0.5) is 0 Å². The minimum absolute atomic E-state index is 0.767. The van der Waals surface area contributed by atoms with Crippen LogP contribution in [0.1, 0.15) is 12.8 Å². The van der Waals surface area contributed by atoms with E-state index in [4.69, 9.17) is 12.2 Å². The largest absolute Gasteiger partial charge is 0.329 e. The zero-order valence-corrected chi connectivity index (χ0v) is 11.1. The molecular weight excluding hydrogens is 232 g/mol. The lowest BCUT2D eigenvalue weighted by molar-refractivity contribution is 0.388. The maximum absolute atomic E-state index is 5.31. The highest BCUT2D eigenvalue weighted by molar-refractivity contribution is 7.71. The summed E-state index contributed by atoms with van der Waals surface area (Å²) in [4.78, 5) is 9.75. The molecule has 0 aromatic carbocycles. The Balaban J connectivity index is 2.08. The molecule has 2 aromatic heterocycles. The standard InChI is InChI=1S/C12H18N4S/c1-15(2)8-3-4-9-16-11-10(14-12(16)17)6-5-7-13-11/h5-7H,3-4,8-9H2,1-2H3,(H,14,17). The van der Waals surface area contributed by atoms with Gasteiger partial charge in [0.1, 0.15) is 0 Å². The van der Waals surface area contributed by atoms with Crippen LogP contribution in [-0.4, -0.2) is 40.1 Å². The zero-order valence-electron chi connectivity index (χ0n) is 10.3. The van der Waals surface area contributed by atoms with Gasteiger partial charge < -0.3 is 14.5 Å². The van der Waals surface area contributed by atoms with Gasteiger partial charge in [-0.25, -0.2) is 4.98 Å². The van der Waals surface area contributed by atoms with E-state index < -0.39 is 0 Å². The number of pyridine rings is 1. The molecule has 4 nitrogen and oxygen atoms in total. The fourth-order valence-electron chi connectivity index (χ4n) is 1.89. The van der Waals surface area contributed by atoms with Gasteiger partial charge >= 0.3 is 0 Å². The Morgan fingerprint density at radius 2 is 2.24 bits per heavy atom. The summed E-state index contributed by atoms with van der Waals surface area (Å²) in [5.41, 5.74) is 1.98. The molecule has 0 fully saturated rings. The molecule has 0 radical (unpaired) electrons. The molecule has 0 aliphatic rings. The van der Waals surface area contributed by atoms with Gasteiger partial charge in [-0.3, -0.25) is 0 Å². The molecule has 0 bridgehead atoms. The van der Waals surface area contributed by atoms with Crippen LogP contribution < -0.4 is 0 Å². The summed E-state index contributed by atoms with van der Waals surface area (Å²) in [6.07, 6.45) is 4.10. The minimum atomic E-state index is 0.767. The van der Waals surface area contributed by atoms with Crippen LogP contribution in [0, 0.1) is 4.77 Å². The van der Waals surface area contributed by atoms with E-state index in [2.05, 4.69) is 33.5 Å². The Morgan fingerprint density at radius 3 is 3.00 bits per heavy atom. The summed E-state index contributed by atoms with van der Waals surface area (Å²) in [6, 6.07) is 3.93. The second kappa shape index (κ2) is 5.42. The SMILES string of the molecule is CN(C)CCCCn1c(=S)[nH]c2cccnc21. The number of hydrogen-bond donors (Lipinski definition) is 1. The van der Waals surface area contributed by atoms with Gasteiger partial charge in [0.2, 0.25) is 0 Å². The van der Waals surface area contributed by atoms with Gasteiger partial charge in [0, 0.05) is 12.7 Å². The second-order valence-corrected chi connectivity index (χ2v) is 4.85. The Bertz CT molecular complexity index is 541. The summed E-state index contributed by atoms with van der Waals surface area (Å²) in [5.74, 6) is 0. The molecule has 2 aromatic rings. The lowest BCUT2D eigenvalue weighted by Crippen LogP contribution is -2.13. The van der Waals surface area contributed by atoms with Crippen molar-refractivity contribution in [3.05, 3.63) is 23.1 Å². The van der Waals surface area contributed by atoms with Crippen molar-refractivity contribution in [2.45, 2.75) is 19.4 Å². The molecule has 17 heavy (non-hydrogen) atoms.